The average Bonchev–Trinajstić information content (AvgIpc) is 2.44. The van der Waals surface area contributed by atoms with Crippen LogP contribution < -0.4 is 5.32 Å². The third-order valence-corrected chi connectivity index (χ3v) is 3.84. The lowest BCUT2D eigenvalue weighted by atomic mass is 9.83. The van der Waals surface area contributed by atoms with Gasteiger partial charge in [0.1, 0.15) is 11.6 Å². The van der Waals surface area contributed by atoms with Crippen LogP contribution in [0.15, 0.2) is 29.3 Å². The van der Waals surface area contributed by atoms with Crippen LogP contribution in [0.3, 0.4) is 0 Å². The lowest BCUT2D eigenvalue weighted by Crippen LogP contribution is -2.34. The number of benzene rings is 1. The highest BCUT2D eigenvalue weighted by atomic mass is 79.9. The number of methoxy groups -OCH3 is 1. The summed E-state index contributed by atoms with van der Waals surface area (Å²) in [6.07, 6.45) is 1.97. The topological polar surface area (TPSA) is 21.3 Å². The first-order chi connectivity index (χ1) is 9.43. The van der Waals surface area contributed by atoms with Gasteiger partial charge in [0.05, 0.1) is 11.1 Å². The molecule has 0 bridgehead atoms. The summed E-state index contributed by atoms with van der Waals surface area (Å²) >= 11 is 3.08. The van der Waals surface area contributed by atoms with Crippen molar-refractivity contribution in [2.24, 2.45) is 5.41 Å². The molecule has 0 heterocycles. The molecule has 0 saturated carbocycles. The normalized spacial score (nSPS) is 14.1. The Balaban J connectivity index is 2.82. The standard InChI is InChI=1S/C15H20BrF2NO/c1-4-15(2,10-19-7-8-20-3)9-11-13(17)6-5-12(16)14(11)18/h4-6,19H,1,7-10H2,2-3H3. The van der Waals surface area contributed by atoms with E-state index in [2.05, 4.69) is 27.8 Å². The second kappa shape index (κ2) is 7.86. The summed E-state index contributed by atoms with van der Waals surface area (Å²) in [6.45, 7) is 7.55. The van der Waals surface area contributed by atoms with Gasteiger partial charge >= 0.3 is 0 Å². The predicted molar refractivity (Wildman–Crippen MR) is 80.8 cm³/mol. The van der Waals surface area contributed by atoms with Gasteiger partial charge in [-0.25, -0.2) is 8.78 Å². The maximum Gasteiger partial charge on any atom is 0.143 e. The first kappa shape index (κ1) is 17.3. The molecule has 1 N–H and O–H groups in total. The van der Waals surface area contributed by atoms with E-state index in [1.54, 1.807) is 13.2 Å². The van der Waals surface area contributed by atoms with Crippen molar-refractivity contribution in [3.63, 3.8) is 0 Å². The van der Waals surface area contributed by atoms with E-state index in [0.29, 0.717) is 19.7 Å². The molecule has 0 spiro atoms. The minimum atomic E-state index is -0.546. The molecule has 0 aliphatic heterocycles. The van der Waals surface area contributed by atoms with E-state index in [9.17, 15) is 8.78 Å². The van der Waals surface area contributed by atoms with Gasteiger partial charge in [0, 0.05) is 31.2 Å². The molecule has 1 rings (SSSR count). The Bertz CT molecular complexity index is 467. The van der Waals surface area contributed by atoms with Crippen LogP contribution >= 0.6 is 15.9 Å². The molecule has 0 fully saturated rings. The van der Waals surface area contributed by atoms with E-state index in [1.165, 1.54) is 12.1 Å². The van der Waals surface area contributed by atoms with Crippen LogP contribution in [0.1, 0.15) is 12.5 Å². The zero-order valence-corrected chi connectivity index (χ0v) is 13.4. The molecule has 2 nitrogen and oxygen atoms in total. The van der Waals surface area contributed by atoms with Crippen molar-refractivity contribution in [1.29, 1.82) is 0 Å². The zero-order valence-electron chi connectivity index (χ0n) is 11.8. The second-order valence-corrected chi connectivity index (χ2v) is 5.88. The highest BCUT2D eigenvalue weighted by Crippen LogP contribution is 2.29. The van der Waals surface area contributed by atoms with Gasteiger partial charge in [-0.05, 0) is 34.5 Å². The summed E-state index contributed by atoms with van der Waals surface area (Å²) in [4.78, 5) is 0. The molecule has 1 aromatic rings. The number of halogens is 3. The Hall–Kier alpha value is -0.780. The van der Waals surface area contributed by atoms with Gasteiger partial charge in [0.2, 0.25) is 0 Å². The number of ether oxygens (including phenoxy) is 1. The fourth-order valence-corrected chi connectivity index (χ4v) is 2.26. The van der Waals surface area contributed by atoms with E-state index in [1.807, 2.05) is 6.92 Å². The third-order valence-electron chi connectivity index (χ3n) is 3.22. The Morgan fingerprint density at radius 2 is 2.15 bits per heavy atom. The summed E-state index contributed by atoms with van der Waals surface area (Å²) in [7, 11) is 1.63. The summed E-state index contributed by atoms with van der Waals surface area (Å²) in [5.74, 6) is -1.08. The predicted octanol–water partition coefficient (Wildman–Crippen LogP) is 3.70. The van der Waals surface area contributed by atoms with Crippen LogP contribution in [0, 0.1) is 17.0 Å². The molecule has 20 heavy (non-hydrogen) atoms. The van der Waals surface area contributed by atoms with Crippen molar-refractivity contribution in [3.05, 3.63) is 46.5 Å². The van der Waals surface area contributed by atoms with E-state index in [4.69, 9.17) is 4.74 Å². The molecule has 0 saturated heterocycles. The lowest BCUT2D eigenvalue weighted by Gasteiger charge is -2.27. The van der Waals surface area contributed by atoms with E-state index >= 15 is 0 Å². The highest BCUT2D eigenvalue weighted by Gasteiger charge is 2.25. The van der Waals surface area contributed by atoms with Crippen LogP contribution in [-0.4, -0.2) is 26.8 Å². The van der Waals surface area contributed by atoms with Gasteiger partial charge < -0.3 is 10.1 Å². The number of rotatable bonds is 8. The van der Waals surface area contributed by atoms with Gasteiger partial charge in [-0.2, -0.15) is 0 Å². The van der Waals surface area contributed by atoms with E-state index in [0.717, 1.165) is 0 Å². The highest BCUT2D eigenvalue weighted by molar-refractivity contribution is 9.10. The SMILES string of the molecule is C=CC(C)(CNCCOC)Cc1c(F)ccc(Br)c1F. The van der Waals surface area contributed by atoms with Gasteiger partial charge in [-0.15, -0.1) is 6.58 Å². The fraction of sp³-hybridized carbons (Fsp3) is 0.467. The molecule has 0 aromatic heterocycles. The smallest absolute Gasteiger partial charge is 0.143 e. The first-order valence-electron chi connectivity index (χ1n) is 6.39. The molecular weight excluding hydrogens is 328 g/mol. The van der Waals surface area contributed by atoms with Gasteiger partial charge in [-0.1, -0.05) is 13.0 Å². The zero-order chi connectivity index (χ0) is 15.2. The van der Waals surface area contributed by atoms with E-state index in [-0.39, 0.29) is 16.5 Å². The van der Waals surface area contributed by atoms with Crippen molar-refractivity contribution < 1.29 is 13.5 Å². The van der Waals surface area contributed by atoms with Gasteiger partial charge in [-0.3, -0.25) is 0 Å². The van der Waals surface area contributed by atoms with Gasteiger partial charge in [0.15, 0.2) is 0 Å². The molecule has 0 radical (unpaired) electrons. The molecule has 1 atom stereocenters. The second-order valence-electron chi connectivity index (χ2n) is 5.03. The summed E-state index contributed by atoms with van der Waals surface area (Å²) in [5, 5.41) is 3.20. The largest absolute Gasteiger partial charge is 0.383 e. The first-order valence-corrected chi connectivity index (χ1v) is 7.18. The Labute approximate surface area is 127 Å². The fourth-order valence-electron chi connectivity index (χ4n) is 1.89. The monoisotopic (exact) mass is 347 g/mol. The van der Waals surface area contributed by atoms with Crippen molar-refractivity contribution in [2.45, 2.75) is 13.3 Å². The molecule has 5 heteroatoms. The summed E-state index contributed by atoms with van der Waals surface area (Å²) < 4.78 is 33.0. The average molecular weight is 348 g/mol. The van der Waals surface area contributed by atoms with Crippen LogP contribution in [-0.2, 0) is 11.2 Å². The summed E-state index contributed by atoms with van der Waals surface area (Å²) in [6, 6.07) is 2.64. The van der Waals surface area contributed by atoms with Crippen molar-refractivity contribution in [3.8, 4) is 0 Å². The van der Waals surface area contributed by atoms with Gasteiger partial charge in [0.25, 0.3) is 0 Å². The van der Waals surface area contributed by atoms with Crippen LogP contribution in [0.25, 0.3) is 0 Å². The maximum atomic E-state index is 14.0. The van der Waals surface area contributed by atoms with Crippen molar-refractivity contribution >= 4 is 15.9 Å². The molecule has 0 aliphatic carbocycles. The third kappa shape index (κ3) is 4.65. The summed E-state index contributed by atoms with van der Waals surface area (Å²) in [5.41, 5.74) is -0.355. The molecule has 112 valence electrons. The van der Waals surface area contributed by atoms with Crippen LogP contribution in [0.5, 0.6) is 0 Å². The number of nitrogens with one attached hydrogen (secondary N) is 1. The van der Waals surface area contributed by atoms with Crippen molar-refractivity contribution in [2.75, 3.05) is 26.8 Å². The van der Waals surface area contributed by atoms with Crippen molar-refractivity contribution in [1.82, 2.24) is 5.32 Å². The molecule has 0 aliphatic rings. The molecule has 0 amide bonds. The quantitative estimate of drug-likeness (QED) is 0.439. The molecule has 1 unspecified atom stereocenters. The minimum absolute atomic E-state index is 0.0790. The minimum Gasteiger partial charge on any atom is -0.383 e. The maximum absolute atomic E-state index is 14.0. The molecular formula is C15H20BrF2NO. The Morgan fingerprint density at radius 3 is 2.75 bits per heavy atom. The van der Waals surface area contributed by atoms with Crippen LogP contribution in [0.4, 0.5) is 8.78 Å². The molecule has 1 aromatic carbocycles. The Kier molecular flexibility index (Phi) is 6.79. The lowest BCUT2D eigenvalue weighted by molar-refractivity contribution is 0.195. The number of hydrogen-bond donors (Lipinski definition) is 1. The van der Waals surface area contributed by atoms with E-state index < -0.39 is 17.0 Å². The van der Waals surface area contributed by atoms with Crippen LogP contribution in [0.2, 0.25) is 0 Å². The Morgan fingerprint density at radius 1 is 1.45 bits per heavy atom. The number of hydrogen-bond acceptors (Lipinski definition) is 2.